The number of carbonyl (C=O) groups excluding carboxylic acids is 1. The van der Waals surface area contributed by atoms with E-state index in [0.717, 1.165) is 5.69 Å². The van der Waals surface area contributed by atoms with Gasteiger partial charge in [0.25, 0.3) is 5.91 Å². The van der Waals surface area contributed by atoms with Gasteiger partial charge < -0.3 is 5.32 Å². The van der Waals surface area contributed by atoms with Crippen molar-refractivity contribution in [2.75, 3.05) is 0 Å². The maximum Gasteiger partial charge on any atom is 0.251 e. The molecule has 0 spiro atoms. The normalized spacial score (nSPS) is 11.8. The van der Waals surface area contributed by atoms with E-state index in [1.165, 1.54) is 30.6 Å². The topological polar surface area (TPSA) is 59.8 Å². The van der Waals surface area contributed by atoms with Crippen molar-refractivity contribution in [1.29, 1.82) is 0 Å². The molecule has 3 aromatic carbocycles. The molecule has 0 radical (unpaired) electrons. The lowest BCUT2D eigenvalue weighted by molar-refractivity contribution is 0.0936. The van der Waals surface area contributed by atoms with E-state index in [2.05, 4.69) is 15.4 Å². The minimum Gasteiger partial charge on any atom is -0.345 e. The first-order valence-electron chi connectivity index (χ1n) is 9.34. The summed E-state index contributed by atoms with van der Waals surface area (Å²) < 4.78 is 29.0. The minimum absolute atomic E-state index is 0.314. The van der Waals surface area contributed by atoms with Gasteiger partial charge in [-0.05, 0) is 66.1 Å². The van der Waals surface area contributed by atoms with Crippen molar-refractivity contribution >= 4 is 5.91 Å². The molecule has 7 heteroatoms. The van der Waals surface area contributed by atoms with Crippen LogP contribution in [0.25, 0.3) is 5.69 Å². The maximum atomic E-state index is 13.8. The number of hydrogen-bond acceptors (Lipinski definition) is 3. The largest absolute Gasteiger partial charge is 0.345 e. The number of nitrogens with one attached hydrogen (secondary N) is 1. The molecule has 0 bridgehead atoms. The lowest BCUT2D eigenvalue weighted by atomic mass is 9.98. The highest BCUT2D eigenvalue weighted by atomic mass is 19.1. The van der Waals surface area contributed by atoms with Crippen LogP contribution < -0.4 is 5.32 Å². The number of benzene rings is 3. The van der Waals surface area contributed by atoms with E-state index < -0.39 is 11.9 Å². The Kier molecular flexibility index (Phi) is 5.61. The van der Waals surface area contributed by atoms with Gasteiger partial charge in [-0.1, -0.05) is 24.3 Å². The van der Waals surface area contributed by atoms with Crippen LogP contribution in [0.5, 0.6) is 0 Å². The monoisotopic (exact) mass is 404 g/mol. The zero-order valence-electron chi connectivity index (χ0n) is 15.9. The van der Waals surface area contributed by atoms with Crippen molar-refractivity contribution in [1.82, 2.24) is 20.1 Å². The number of aromatic nitrogens is 3. The van der Waals surface area contributed by atoms with Crippen molar-refractivity contribution < 1.29 is 13.6 Å². The first-order valence-corrected chi connectivity index (χ1v) is 9.34. The summed E-state index contributed by atoms with van der Waals surface area (Å²) in [5.74, 6) is -1.07. The van der Waals surface area contributed by atoms with Gasteiger partial charge in [-0.3, -0.25) is 4.79 Å². The molecule has 150 valence electrons. The summed E-state index contributed by atoms with van der Waals surface area (Å²) in [6, 6.07) is 18.5. The molecule has 4 aromatic rings. The van der Waals surface area contributed by atoms with E-state index in [1.54, 1.807) is 59.5 Å². The maximum absolute atomic E-state index is 13.8. The predicted octanol–water partition coefficient (Wildman–Crippen LogP) is 4.26. The Morgan fingerprint density at radius 1 is 0.967 bits per heavy atom. The van der Waals surface area contributed by atoms with Gasteiger partial charge in [-0.2, -0.15) is 5.10 Å². The van der Waals surface area contributed by atoms with Crippen LogP contribution in [-0.4, -0.2) is 20.7 Å². The highest BCUT2D eigenvalue weighted by Crippen LogP contribution is 2.21. The molecule has 1 N–H and O–H groups in total. The Morgan fingerprint density at radius 2 is 1.70 bits per heavy atom. The molecule has 1 amide bonds. The third-order valence-electron chi connectivity index (χ3n) is 4.70. The average molecular weight is 404 g/mol. The number of amides is 1. The lowest BCUT2D eigenvalue weighted by Gasteiger charge is -2.20. The third kappa shape index (κ3) is 4.57. The van der Waals surface area contributed by atoms with Crippen LogP contribution in [0.3, 0.4) is 0 Å². The van der Waals surface area contributed by atoms with Gasteiger partial charge in [0, 0.05) is 5.56 Å². The summed E-state index contributed by atoms with van der Waals surface area (Å²) in [7, 11) is 0. The molecule has 30 heavy (non-hydrogen) atoms. The Labute approximate surface area is 172 Å². The van der Waals surface area contributed by atoms with Crippen molar-refractivity contribution in [2.45, 2.75) is 12.5 Å². The minimum atomic E-state index is -0.523. The van der Waals surface area contributed by atoms with Crippen LogP contribution >= 0.6 is 0 Å². The standard InChI is InChI=1S/C23H18F2N4O/c24-19-5-1-3-16(11-19)12-22(18-4-2-6-20(25)13-18)28-23(30)17-7-9-21(10-8-17)29-15-26-14-27-29/h1-11,13-15,22H,12H2,(H,28,30). The SMILES string of the molecule is O=C(NC(Cc1cccc(F)c1)c1cccc(F)c1)c1ccc(-n2cncn2)cc1. The molecule has 1 heterocycles. The molecule has 0 saturated heterocycles. The zero-order valence-corrected chi connectivity index (χ0v) is 15.9. The van der Waals surface area contributed by atoms with E-state index in [0.29, 0.717) is 23.1 Å². The Balaban J connectivity index is 1.56. The predicted molar refractivity (Wildman–Crippen MR) is 108 cm³/mol. The lowest BCUT2D eigenvalue weighted by Crippen LogP contribution is -2.30. The quantitative estimate of drug-likeness (QED) is 0.522. The summed E-state index contributed by atoms with van der Waals surface area (Å²) in [5, 5.41) is 6.99. The molecule has 1 atom stereocenters. The van der Waals surface area contributed by atoms with Crippen LogP contribution in [0.4, 0.5) is 8.78 Å². The van der Waals surface area contributed by atoms with Crippen molar-refractivity contribution in [3.05, 3.63) is 114 Å². The number of rotatable bonds is 6. The molecule has 0 aliphatic heterocycles. The van der Waals surface area contributed by atoms with Gasteiger partial charge in [-0.25, -0.2) is 18.4 Å². The summed E-state index contributed by atoms with van der Waals surface area (Å²) in [5.41, 5.74) is 2.52. The van der Waals surface area contributed by atoms with Crippen LogP contribution in [0, 0.1) is 11.6 Å². The summed E-state index contributed by atoms with van der Waals surface area (Å²) in [6.45, 7) is 0. The number of hydrogen-bond donors (Lipinski definition) is 1. The van der Waals surface area contributed by atoms with Crippen molar-refractivity contribution in [3.8, 4) is 5.69 Å². The van der Waals surface area contributed by atoms with E-state index in [1.807, 2.05) is 0 Å². The number of halogens is 2. The molecular formula is C23H18F2N4O. The molecule has 1 unspecified atom stereocenters. The van der Waals surface area contributed by atoms with E-state index >= 15 is 0 Å². The Bertz CT molecular complexity index is 1140. The van der Waals surface area contributed by atoms with Gasteiger partial charge >= 0.3 is 0 Å². The molecule has 0 fully saturated rings. The van der Waals surface area contributed by atoms with Gasteiger partial charge in [0.2, 0.25) is 0 Å². The highest BCUT2D eigenvalue weighted by Gasteiger charge is 2.17. The van der Waals surface area contributed by atoms with E-state index in [9.17, 15) is 13.6 Å². The van der Waals surface area contributed by atoms with Crippen LogP contribution in [0.15, 0.2) is 85.5 Å². The molecule has 0 aliphatic rings. The fourth-order valence-corrected chi connectivity index (χ4v) is 3.22. The number of nitrogens with zero attached hydrogens (tertiary/aromatic N) is 3. The molecule has 0 aliphatic carbocycles. The molecule has 0 saturated carbocycles. The Morgan fingerprint density at radius 3 is 2.37 bits per heavy atom. The first-order chi connectivity index (χ1) is 14.6. The van der Waals surface area contributed by atoms with Crippen LogP contribution in [0.2, 0.25) is 0 Å². The fraction of sp³-hybridized carbons (Fsp3) is 0.0870. The fourth-order valence-electron chi connectivity index (χ4n) is 3.22. The van der Waals surface area contributed by atoms with Gasteiger partial charge in [0.05, 0.1) is 11.7 Å². The summed E-state index contributed by atoms with van der Waals surface area (Å²) in [6.07, 6.45) is 3.31. The third-order valence-corrected chi connectivity index (χ3v) is 4.70. The second-order valence-corrected chi connectivity index (χ2v) is 6.80. The summed E-state index contributed by atoms with van der Waals surface area (Å²) in [4.78, 5) is 16.8. The molecule has 5 nitrogen and oxygen atoms in total. The second-order valence-electron chi connectivity index (χ2n) is 6.80. The van der Waals surface area contributed by atoms with E-state index in [4.69, 9.17) is 0 Å². The first kappa shape index (κ1) is 19.4. The van der Waals surface area contributed by atoms with Crippen LogP contribution in [-0.2, 0) is 6.42 Å². The summed E-state index contributed by atoms with van der Waals surface area (Å²) >= 11 is 0. The Hall–Kier alpha value is -3.87. The van der Waals surface area contributed by atoms with Gasteiger partial charge in [-0.15, -0.1) is 0 Å². The smallest absolute Gasteiger partial charge is 0.251 e. The highest BCUT2D eigenvalue weighted by molar-refractivity contribution is 5.94. The molecule has 4 rings (SSSR count). The van der Waals surface area contributed by atoms with Crippen molar-refractivity contribution in [3.63, 3.8) is 0 Å². The average Bonchev–Trinajstić information content (AvgIpc) is 3.28. The van der Waals surface area contributed by atoms with Gasteiger partial charge in [0.1, 0.15) is 24.3 Å². The van der Waals surface area contributed by atoms with Crippen LogP contribution in [0.1, 0.15) is 27.5 Å². The molecule has 1 aromatic heterocycles. The molecular weight excluding hydrogens is 386 g/mol. The van der Waals surface area contributed by atoms with Gasteiger partial charge in [0.15, 0.2) is 0 Å². The van der Waals surface area contributed by atoms with Crippen molar-refractivity contribution in [2.24, 2.45) is 0 Å². The zero-order chi connectivity index (χ0) is 20.9. The van der Waals surface area contributed by atoms with E-state index in [-0.39, 0.29) is 11.7 Å². The second kappa shape index (κ2) is 8.65. The number of carbonyl (C=O) groups is 1.